The molecule has 2 aromatic carbocycles. The van der Waals surface area contributed by atoms with Crippen LogP contribution in [0.3, 0.4) is 0 Å². The van der Waals surface area contributed by atoms with Crippen molar-refractivity contribution in [3.8, 4) is 23.5 Å². The Kier molecular flexibility index (Phi) is 5.50. The molecular weight excluding hydrogens is 404 g/mol. The Morgan fingerprint density at radius 2 is 1.53 bits per heavy atom. The summed E-state index contributed by atoms with van der Waals surface area (Å²) >= 11 is 0. The molecule has 4 aromatic rings. The molecule has 0 spiro atoms. The van der Waals surface area contributed by atoms with Crippen LogP contribution >= 0.6 is 0 Å². The Bertz CT molecular complexity index is 1200. The number of nitrogens with zero attached hydrogens (tertiary/aromatic N) is 4. The number of benzene rings is 2. The monoisotopic (exact) mass is 426 g/mol. The van der Waals surface area contributed by atoms with Gasteiger partial charge in [-0.15, -0.1) is 0 Å². The van der Waals surface area contributed by atoms with Crippen LogP contribution in [0.25, 0.3) is 11.7 Å². The zero-order valence-electron chi connectivity index (χ0n) is 17.5. The molecule has 32 heavy (non-hydrogen) atoms. The average Bonchev–Trinajstić information content (AvgIpc) is 3.51. The van der Waals surface area contributed by atoms with Gasteiger partial charge in [0.15, 0.2) is 5.76 Å². The minimum absolute atomic E-state index is 0.270. The molecule has 7 heteroatoms. The van der Waals surface area contributed by atoms with Gasteiger partial charge in [-0.3, -0.25) is 0 Å². The van der Waals surface area contributed by atoms with E-state index in [9.17, 15) is 5.26 Å². The third kappa shape index (κ3) is 4.16. The van der Waals surface area contributed by atoms with E-state index in [0.29, 0.717) is 29.9 Å². The average molecular weight is 426 g/mol. The number of furan rings is 1. The molecule has 7 nitrogen and oxygen atoms in total. The maximum Gasteiger partial charge on any atom is 0.266 e. The van der Waals surface area contributed by atoms with E-state index in [2.05, 4.69) is 33.0 Å². The summed E-state index contributed by atoms with van der Waals surface area (Å²) in [6.45, 7) is 3.46. The molecular formula is C25H22N4O3. The highest BCUT2D eigenvalue weighted by Crippen LogP contribution is 2.30. The first-order valence-corrected chi connectivity index (χ1v) is 10.5. The van der Waals surface area contributed by atoms with Gasteiger partial charge in [-0.05, 0) is 36.4 Å². The summed E-state index contributed by atoms with van der Waals surface area (Å²) in [4.78, 5) is 8.76. The number of aromatic nitrogens is 1. The molecule has 0 aliphatic carbocycles. The summed E-state index contributed by atoms with van der Waals surface area (Å²) < 4.78 is 17.6. The van der Waals surface area contributed by atoms with Crippen LogP contribution in [0.2, 0.25) is 0 Å². The highest BCUT2D eigenvalue weighted by molar-refractivity contribution is 5.57. The van der Waals surface area contributed by atoms with E-state index >= 15 is 0 Å². The largest absolute Gasteiger partial charge is 0.486 e. The van der Waals surface area contributed by atoms with Crippen molar-refractivity contribution in [2.75, 3.05) is 36.0 Å². The summed E-state index contributed by atoms with van der Waals surface area (Å²) in [5.41, 5.74) is 1.47. The van der Waals surface area contributed by atoms with Crippen LogP contribution < -0.4 is 14.5 Å². The lowest BCUT2D eigenvalue weighted by molar-refractivity contribution is 0.271. The van der Waals surface area contributed by atoms with Crippen LogP contribution in [0.15, 0.2) is 81.6 Å². The molecule has 0 atom stereocenters. The molecule has 0 saturated carbocycles. The Labute approximate surface area is 186 Å². The quantitative estimate of drug-likeness (QED) is 0.442. The first kappa shape index (κ1) is 19.8. The van der Waals surface area contributed by atoms with Gasteiger partial charge in [0.25, 0.3) is 5.89 Å². The maximum atomic E-state index is 9.59. The fourth-order valence-electron chi connectivity index (χ4n) is 3.75. The third-order valence-electron chi connectivity index (χ3n) is 5.40. The normalized spacial score (nSPS) is 13.7. The fraction of sp³-hybridized carbons (Fsp3) is 0.200. The molecule has 2 aromatic heterocycles. The molecule has 1 saturated heterocycles. The molecule has 3 heterocycles. The van der Waals surface area contributed by atoms with Crippen LogP contribution in [0.5, 0.6) is 5.75 Å². The zero-order chi connectivity index (χ0) is 21.8. The highest BCUT2D eigenvalue weighted by atomic mass is 16.5. The molecule has 0 radical (unpaired) electrons. The van der Waals surface area contributed by atoms with Crippen molar-refractivity contribution in [2.45, 2.75) is 6.61 Å². The van der Waals surface area contributed by atoms with Crippen molar-refractivity contribution >= 4 is 11.6 Å². The summed E-state index contributed by atoms with van der Waals surface area (Å²) in [6.07, 6.45) is 0. The number of piperazine rings is 1. The van der Waals surface area contributed by atoms with Crippen LogP contribution in [-0.4, -0.2) is 31.2 Å². The maximum absolute atomic E-state index is 9.59. The predicted octanol–water partition coefficient (Wildman–Crippen LogP) is 4.71. The number of oxazole rings is 1. The van der Waals surface area contributed by atoms with Crippen LogP contribution in [0.1, 0.15) is 11.5 Å². The topological polar surface area (TPSA) is 78.7 Å². The molecule has 0 bridgehead atoms. The van der Waals surface area contributed by atoms with Crippen molar-refractivity contribution in [3.05, 3.63) is 84.3 Å². The molecule has 1 aliphatic rings. The Morgan fingerprint density at radius 3 is 2.25 bits per heavy atom. The van der Waals surface area contributed by atoms with E-state index < -0.39 is 0 Å². The second-order valence-electron chi connectivity index (χ2n) is 7.46. The molecule has 0 unspecified atom stereocenters. The number of nitriles is 1. The first-order chi connectivity index (χ1) is 15.8. The Balaban J connectivity index is 1.27. The van der Waals surface area contributed by atoms with E-state index in [-0.39, 0.29) is 5.69 Å². The van der Waals surface area contributed by atoms with Gasteiger partial charge in [0.1, 0.15) is 24.2 Å². The summed E-state index contributed by atoms with van der Waals surface area (Å²) in [7, 11) is 0. The van der Waals surface area contributed by atoms with Gasteiger partial charge in [-0.25, -0.2) is 0 Å². The third-order valence-corrected chi connectivity index (χ3v) is 5.40. The molecule has 160 valence electrons. The van der Waals surface area contributed by atoms with Gasteiger partial charge in [0.05, 0.1) is 0 Å². The SMILES string of the molecule is N#Cc1nc(-c2ccc(COc3ccccc3)o2)oc1N1CCN(c2ccccc2)CC1. The summed E-state index contributed by atoms with van der Waals surface area (Å²) in [5.74, 6) is 2.69. The smallest absolute Gasteiger partial charge is 0.266 e. The molecule has 0 amide bonds. The lowest BCUT2D eigenvalue weighted by atomic mass is 10.2. The van der Waals surface area contributed by atoms with Gasteiger partial charge < -0.3 is 23.4 Å². The molecule has 1 aliphatic heterocycles. The van der Waals surface area contributed by atoms with E-state index in [1.807, 2.05) is 54.6 Å². The number of hydrogen-bond acceptors (Lipinski definition) is 7. The van der Waals surface area contributed by atoms with E-state index in [1.165, 1.54) is 5.69 Å². The first-order valence-electron chi connectivity index (χ1n) is 10.5. The van der Waals surface area contributed by atoms with Crippen LogP contribution in [-0.2, 0) is 6.61 Å². The number of ether oxygens (including phenoxy) is 1. The molecule has 1 fully saturated rings. The van der Waals surface area contributed by atoms with Gasteiger partial charge >= 0.3 is 0 Å². The molecule has 0 N–H and O–H groups in total. The molecule has 5 rings (SSSR count). The van der Waals surface area contributed by atoms with E-state index in [0.717, 1.165) is 31.9 Å². The van der Waals surface area contributed by atoms with E-state index in [4.69, 9.17) is 13.6 Å². The second kappa shape index (κ2) is 8.90. The van der Waals surface area contributed by atoms with Gasteiger partial charge in [-0.2, -0.15) is 10.2 Å². The number of para-hydroxylation sites is 2. The lowest BCUT2D eigenvalue weighted by Gasteiger charge is -2.35. The Hall–Kier alpha value is -4.18. The summed E-state index contributed by atoms with van der Waals surface area (Å²) in [6, 6.07) is 25.6. The number of anilines is 2. The minimum atomic E-state index is 0.270. The number of rotatable bonds is 6. The van der Waals surface area contributed by atoms with Crippen molar-refractivity contribution in [2.24, 2.45) is 0 Å². The predicted molar refractivity (Wildman–Crippen MR) is 121 cm³/mol. The van der Waals surface area contributed by atoms with Crippen LogP contribution in [0.4, 0.5) is 11.6 Å². The van der Waals surface area contributed by atoms with Gasteiger partial charge in [-0.1, -0.05) is 36.4 Å². The van der Waals surface area contributed by atoms with Crippen molar-refractivity contribution in [1.82, 2.24) is 4.98 Å². The van der Waals surface area contributed by atoms with Gasteiger partial charge in [0, 0.05) is 31.9 Å². The Morgan fingerprint density at radius 1 is 0.844 bits per heavy atom. The second-order valence-corrected chi connectivity index (χ2v) is 7.46. The standard InChI is InChI=1S/C25H22N4O3/c26-17-22-25(29-15-13-28(14-16-29)19-7-3-1-4-8-19)32-24(27-22)23-12-11-21(31-23)18-30-20-9-5-2-6-10-20/h1-12H,13-16,18H2. The minimum Gasteiger partial charge on any atom is -0.486 e. The number of hydrogen-bond donors (Lipinski definition) is 0. The zero-order valence-corrected chi connectivity index (χ0v) is 17.5. The van der Waals surface area contributed by atoms with Gasteiger partial charge in [0.2, 0.25) is 11.6 Å². The van der Waals surface area contributed by atoms with E-state index in [1.54, 1.807) is 6.07 Å². The van der Waals surface area contributed by atoms with Crippen molar-refractivity contribution in [1.29, 1.82) is 5.26 Å². The highest BCUT2D eigenvalue weighted by Gasteiger charge is 2.25. The van der Waals surface area contributed by atoms with Crippen LogP contribution in [0, 0.1) is 11.3 Å². The van der Waals surface area contributed by atoms with Crippen molar-refractivity contribution < 1.29 is 13.6 Å². The lowest BCUT2D eigenvalue weighted by Crippen LogP contribution is -2.46. The van der Waals surface area contributed by atoms with Crippen molar-refractivity contribution in [3.63, 3.8) is 0 Å². The summed E-state index contributed by atoms with van der Waals surface area (Å²) in [5, 5.41) is 9.59. The fourth-order valence-corrected chi connectivity index (χ4v) is 3.75.